The van der Waals surface area contributed by atoms with Crippen LogP contribution >= 0.6 is 0 Å². The molecule has 1 rings (SSSR count). The van der Waals surface area contributed by atoms with E-state index in [1.165, 1.54) is 0 Å². The number of carbonyl (C=O) groups excluding carboxylic acids is 1. The molecular formula is C7H9NO4. The molecule has 1 heterocycles. The van der Waals surface area contributed by atoms with Crippen molar-refractivity contribution in [2.45, 2.75) is 6.42 Å². The van der Waals surface area contributed by atoms with Crippen LogP contribution in [0.15, 0.2) is 12.2 Å². The first-order valence-corrected chi connectivity index (χ1v) is 3.55. The molecule has 66 valence electrons. The molecule has 0 atom stereocenters. The predicted molar refractivity (Wildman–Crippen MR) is 39.1 cm³/mol. The quantitative estimate of drug-likeness (QED) is 0.584. The van der Waals surface area contributed by atoms with Crippen LogP contribution in [0, 0.1) is 0 Å². The number of carbonyl (C=O) groups is 2. The molecule has 0 saturated carbocycles. The summed E-state index contributed by atoms with van der Waals surface area (Å²) in [5.41, 5.74) is 0. The molecule has 1 amide bonds. The Hall–Kier alpha value is -1.36. The third kappa shape index (κ3) is 2.35. The Morgan fingerprint density at radius 1 is 1.42 bits per heavy atom. The smallest absolute Gasteiger partial charge is 0.328 e. The summed E-state index contributed by atoms with van der Waals surface area (Å²) in [5, 5.41) is 9.36. The fourth-order valence-corrected chi connectivity index (χ4v) is 0.847. The molecule has 1 fully saturated rings. The Morgan fingerprint density at radius 3 is 2.67 bits per heavy atom. The molecule has 1 N–H and O–H groups in total. The Morgan fingerprint density at radius 2 is 2.17 bits per heavy atom. The van der Waals surface area contributed by atoms with Gasteiger partial charge in [-0.05, 0) is 6.42 Å². The lowest BCUT2D eigenvalue weighted by Gasteiger charge is -2.09. The maximum atomic E-state index is 11.0. The maximum Gasteiger partial charge on any atom is 0.328 e. The fraction of sp³-hybridized carbons (Fsp3) is 0.429. The molecule has 1 aliphatic heterocycles. The van der Waals surface area contributed by atoms with Crippen molar-refractivity contribution in [2.75, 3.05) is 13.2 Å². The van der Waals surface area contributed by atoms with Crippen LogP contribution in [0.25, 0.3) is 0 Å². The highest BCUT2D eigenvalue weighted by Gasteiger charge is 2.16. The number of nitrogens with zero attached hydrogens (tertiary/aromatic N) is 1. The molecule has 0 unspecified atom stereocenters. The van der Waals surface area contributed by atoms with E-state index in [2.05, 4.69) is 0 Å². The summed E-state index contributed by atoms with van der Waals surface area (Å²) >= 11 is 0. The minimum Gasteiger partial charge on any atom is -0.478 e. The summed E-state index contributed by atoms with van der Waals surface area (Å²) in [7, 11) is 0. The first-order chi connectivity index (χ1) is 5.70. The van der Waals surface area contributed by atoms with Gasteiger partial charge in [-0.1, -0.05) is 0 Å². The summed E-state index contributed by atoms with van der Waals surface area (Å²) in [4.78, 5) is 25.9. The van der Waals surface area contributed by atoms with Crippen LogP contribution in [0.4, 0.5) is 0 Å². The first kappa shape index (κ1) is 8.73. The topological polar surface area (TPSA) is 66.8 Å². The van der Waals surface area contributed by atoms with Gasteiger partial charge in [0, 0.05) is 12.2 Å². The standard InChI is InChI=1S/C7H9NO4/c9-6(2-3-7(10)11)8-4-1-5-12-8/h2-3H,1,4-5H2,(H,10,11)/b3-2+. The number of amides is 1. The van der Waals surface area contributed by atoms with E-state index in [4.69, 9.17) is 9.94 Å². The Balaban J connectivity index is 2.42. The van der Waals surface area contributed by atoms with Crippen molar-refractivity contribution >= 4 is 11.9 Å². The van der Waals surface area contributed by atoms with Crippen LogP contribution in [0.3, 0.4) is 0 Å². The highest BCUT2D eigenvalue weighted by molar-refractivity contribution is 5.93. The van der Waals surface area contributed by atoms with E-state index in [-0.39, 0.29) is 0 Å². The summed E-state index contributed by atoms with van der Waals surface area (Å²) < 4.78 is 0. The number of aliphatic carboxylic acids is 1. The normalized spacial score (nSPS) is 17.2. The molecular weight excluding hydrogens is 162 g/mol. The Kier molecular flexibility index (Phi) is 2.82. The Labute approximate surface area is 69.2 Å². The van der Waals surface area contributed by atoms with Crippen molar-refractivity contribution in [1.29, 1.82) is 0 Å². The van der Waals surface area contributed by atoms with Gasteiger partial charge in [0.2, 0.25) is 0 Å². The van der Waals surface area contributed by atoms with Crippen molar-refractivity contribution in [3.8, 4) is 0 Å². The second-order valence-electron chi connectivity index (χ2n) is 2.30. The van der Waals surface area contributed by atoms with Gasteiger partial charge in [0.25, 0.3) is 5.91 Å². The van der Waals surface area contributed by atoms with Crippen molar-refractivity contribution in [1.82, 2.24) is 5.06 Å². The molecule has 1 saturated heterocycles. The van der Waals surface area contributed by atoms with Gasteiger partial charge >= 0.3 is 5.97 Å². The Bertz CT molecular complexity index is 217. The van der Waals surface area contributed by atoms with Crippen LogP contribution in [-0.4, -0.2) is 35.2 Å². The van der Waals surface area contributed by atoms with Crippen molar-refractivity contribution in [3.05, 3.63) is 12.2 Å². The van der Waals surface area contributed by atoms with E-state index >= 15 is 0 Å². The number of hydrogen-bond acceptors (Lipinski definition) is 3. The SMILES string of the molecule is O=C(O)/C=C/C(=O)N1CCCO1. The van der Waals surface area contributed by atoms with E-state index in [9.17, 15) is 9.59 Å². The van der Waals surface area contributed by atoms with Crippen molar-refractivity contribution in [3.63, 3.8) is 0 Å². The molecule has 0 aromatic carbocycles. The van der Waals surface area contributed by atoms with Gasteiger partial charge in [0.05, 0.1) is 13.2 Å². The van der Waals surface area contributed by atoms with Crippen LogP contribution in [0.2, 0.25) is 0 Å². The van der Waals surface area contributed by atoms with E-state index in [1.807, 2.05) is 0 Å². The van der Waals surface area contributed by atoms with Crippen molar-refractivity contribution < 1.29 is 19.5 Å². The zero-order chi connectivity index (χ0) is 8.97. The van der Waals surface area contributed by atoms with Gasteiger partial charge in [-0.2, -0.15) is 0 Å². The average molecular weight is 171 g/mol. The van der Waals surface area contributed by atoms with Crippen LogP contribution in [-0.2, 0) is 14.4 Å². The lowest BCUT2D eigenvalue weighted by atomic mass is 10.4. The molecule has 1 aliphatic rings. The molecule has 5 nitrogen and oxygen atoms in total. The van der Waals surface area contributed by atoms with Crippen LogP contribution < -0.4 is 0 Å². The summed E-state index contributed by atoms with van der Waals surface area (Å²) in [5.74, 6) is -1.56. The van der Waals surface area contributed by atoms with Gasteiger partial charge in [0.1, 0.15) is 0 Å². The number of hydrogen-bond donors (Lipinski definition) is 1. The number of carboxylic acids is 1. The molecule has 5 heteroatoms. The number of hydroxylamine groups is 2. The third-order valence-corrected chi connectivity index (χ3v) is 1.37. The van der Waals surface area contributed by atoms with E-state index < -0.39 is 11.9 Å². The minimum atomic E-state index is -1.14. The second kappa shape index (κ2) is 3.87. The number of rotatable bonds is 2. The summed E-state index contributed by atoms with van der Waals surface area (Å²) in [6, 6.07) is 0. The van der Waals surface area contributed by atoms with Gasteiger partial charge in [-0.15, -0.1) is 0 Å². The first-order valence-electron chi connectivity index (χ1n) is 3.55. The molecule has 0 aliphatic carbocycles. The summed E-state index contributed by atoms with van der Waals surface area (Å²) in [6.45, 7) is 1.05. The van der Waals surface area contributed by atoms with Gasteiger partial charge in [0.15, 0.2) is 0 Å². The van der Waals surface area contributed by atoms with Gasteiger partial charge in [-0.25, -0.2) is 9.86 Å². The minimum absolute atomic E-state index is 0.421. The second-order valence-corrected chi connectivity index (χ2v) is 2.30. The summed E-state index contributed by atoms with van der Waals surface area (Å²) in [6.07, 6.45) is 2.57. The maximum absolute atomic E-state index is 11.0. The highest BCUT2D eigenvalue weighted by atomic mass is 16.7. The van der Waals surface area contributed by atoms with E-state index in [0.29, 0.717) is 13.2 Å². The predicted octanol–water partition coefficient (Wildman–Crippen LogP) is -0.209. The van der Waals surface area contributed by atoms with E-state index in [0.717, 1.165) is 23.6 Å². The lowest BCUT2D eigenvalue weighted by Crippen LogP contribution is -2.24. The van der Waals surface area contributed by atoms with Crippen molar-refractivity contribution in [2.24, 2.45) is 0 Å². The largest absolute Gasteiger partial charge is 0.478 e. The molecule has 0 radical (unpaired) electrons. The zero-order valence-corrected chi connectivity index (χ0v) is 6.40. The molecule has 0 aromatic rings. The lowest BCUT2D eigenvalue weighted by molar-refractivity contribution is -0.162. The fourth-order valence-electron chi connectivity index (χ4n) is 0.847. The van der Waals surface area contributed by atoms with Gasteiger partial charge < -0.3 is 5.11 Å². The monoisotopic (exact) mass is 171 g/mol. The third-order valence-electron chi connectivity index (χ3n) is 1.37. The van der Waals surface area contributed by atoms with Gasteiger partial charge in [-0.3, -0.25) is 9.63 Å². The zero-order valence-electron chi connectivity index (χ0n) is 6.40. The highest BCUT2D eigenvalue weighted by Crippen LogP contribution is 2.04. The number of carboxylic acid groups (broad SMARTS) is 1. The average Bonchev–Trinajstić information content (AvgIpc) is 2.51. The molecule has 12 heavy (non-hydrogen) atoms. The van der Waals surface area contributed by atoms with E-state index in [1.54, 1.807) is 0 Å². The molecule has 0 bridgehead atoms. The molecule has 0 spiro atoms. The van der Waals surface area contributed by atoms with Crippen LogP contribution in [0.1, 0.15) is 6.42 Å². The van der Waals surface area contributed by atoms with Crippen LogP contribution in [0.5, 0.6) is 0 Å². The molecule has 0 aromatic heterocycles.